The van der Waals surface area contributed by atoms with Gasteiger partial charge in [0.2, 0.25) is 0 Å². The van der Waals surface area contributed by atoms with E-state index in [2.05, 4.69) is 21.6 Å². The number of hydrazine groups is 2. The number of nitrogens with one attached hydrogen (secondary N) is 3. The molecule has 0 aromatic heterocycles. The van der Waals surface area contributed by atoms with E-state index in [-0.39, 0.29) is 0 Å². The SMILES string of the molecule is Nc1ccc(C2=NNNN2)cc1. The zero-order chi connectivity index (χ0) is 8.39. The van der Waals surface area contributed by atoms with Crippen molar-refractivity contribution < 1.29 is 0 Å². The number of anilines is 1. The summed E-state index contributed by atoms with van der Waals surface area (Å²) in [5.41, 5.74) is 15.3. The highest BCUT2D eigenvalue weighted by Crippen LogP contribution is 2.05. The van der Waals surface area contributed by atoms with Gasteiger partial charge < -0.3 is 5.73 Å². The Bertz CT molecular complexity index is 302. The minimum Gasteiger partial charge on any atom is -0.399 e. The molecule has 1 heterocycles. The fourth-order valence-corrected chi connectivity index (χ4v) is 0.977. The molecule has 5 heteroatoms. The Kier molecular flexibility index (Phi) is 1.56. The number of hydrazone groups is 1. The summed E-state index contributed by atoms with van der Waals surface area (Å²) < 4.78 is 0. The Morgan fingerprint density at radius 2 is 1.92 bits per heavy atom. The lowest BCUT2D eigenvalue weighted by Crippen LogP contribution is -2.35. The van der Waals surface area contributed by atoms with E-state index < -0.39 is 0 Å². The summed E-state index contributed by atoms with van der Waals surface area (Å²) >= 11 is 0. The van der Waals surface area contributed by atoms with Crippen LogP contribution in [0.25, 0.3) is 0 Å². The third-order valence-electron chi connectivity index (χ3n) is 1.59. The predicted molar refractivity (Wildman–Crippen MR) is 46.8 cm³/mol. The second-order valence-electron chi connectivity index (χ2n) is 2.44. The van der Waals surface area contributed by atoms with E-state index in [1.807, 2.05) is 24.3 Å². The van der Waals surface area contributed by atoms with Crippen LogP contribution in [0.2, 0.25) is 0 Å². The van der Waals surface area contributed by atoms with Crippen molar-refractivity contribution in [1.82, 2.24) is 16.5 Å². The first-order chi connectivity index (χ1) is 5.86. The molecule has 5 nitrogen and oxygen atoms in total. The van der Waals surface area contributed by atoms with Crippen molar-refractivity contribution in [3.8, 4) is 0 Å². The molecule has 0 unspecified atom stereocenters. The van der Waals surface area contributed by atoms with Crippen LogP contribution in [-0.4, -0.2) is 5.84 Å². The molecular weight excluding hydrogens is 154 g/mol. The minimum absolute atomic E-state index is 0.748. The van der Waals surface area contributed by atoms with Crippen LogP contribution in [0.1, 0.15) is 5.56 Å². The maximum Gasteiger partial charge on any atom is 0.170 e. The Morgan fingerprint density at radius 3 is 2.50 bits per heavy atom. The van der Waals surface area contributed by atoms with Crippen molar-refractivity contribution >= 4 is 11.5 Å². The Balaban J connectivity index is 2.28. The molecule has 12 heavy (non-hydrogen) atoms. The number of nitrogen functional groups attached to an aromatic ring is 1. The van der Waals surface area contributed by atoms with Gasteiger partial charge in [0.15, 0.2) is 5.84 Å². The highest BCUT2D eigenvalue weighted by molar-refractivity contribution is 5.99. The van der Waals surface area contributed by atoms with Gasteiger partial charge in [-0.1, -0.05) is 0 Å². The molecule has 0 aliphatic carbocycles. The van der Waals surface area contributed by atoms with Gasteiger partial charge in [-0.3, -0.25) is 5.43 Å². The molecule has 1 aliphatic rings. The lowest BCUT2D eigenvalue weighted by molar-refractivity contribution is 0.577. The molecule has 0 saturated carbocycles. The van der Waals surface area contributed by atoms with E-state index in [0.717, 1.165) is 17.1 Å². The lowest BCUT2D eigenvalue weighted by atomic mass is 10.2. The molecule has 5 N–H and O–H groups in total. The fraction of sp³-hybridized carbons (Fsp3) is 0. The molecule has 0 spiro atoms. The Hall–Kier alpha value is -1.75. The third kappa shape index (κ3) is 1.17. The second kappa shape index (κ2) is 2.71. The fourth-order valence-electron chi connectivity index (χ4n) is 0.977. The molecule has 1 aromatic carbocycles. The molecule has 0 bridgehead atoms. The Morgan fingerprint density at radius 1 is 1.17 bits per heavy atom. The highest BCUT2D eigenvalue weighted by atomic mass is 15.8. The average Bonchev–Trinajstić information content (AvgIpc) is 2.58. The molecule has 0 amide bonds. The molecular formula is C7H9N5. The van der Waals surface area contributed by atoms with E-state index in [1.54, 1.807) is 0 Å². The van der Waals surface area contributed by atoms with Crippen molar-refractivity contribution in [2.45, 2.75) is 0 Å². The van der Waals surface area contributed by atoms with Crippen LogP contribution in [-0.2, 0) is 0 Å². The van der Waals surface area contributed by atoms with E-state index in [0.29, 0.717) is 0 Å². The molecule has 0 fully saturated rings. The largest absolute Gasteiger partial charge is 0.399 e. The molecule has 62 valence electrons. The van der Waals surface area contributed by atoms with Gasteiger partial charge in [-0.25, -0.2) is 5.53 Å². The topological polar surface area (TPSA) is 74.5 Å². The van der Waals surface area contributed by atoms with Crippen LogP contribution in [0.3, 0.4) is 0 Å². The van der Waals surface area contributed by atoms with Gasteiger partial charge in [-0.15, -0.1) is 10.6 Å². The summed E-state index contributed by atoms with van der Waals surface area (Å²) in [6.45, 7) is 0. The van der Waals surface area contributed by atoms with Gasteiger partial charge >= 0.3 is 0 Å². The number of amidine groups is 1. The summed E-state index contributed by atoms with van der Waals surface area (Å²) in [7, 11) is 0. The molecule has 0 radical (unpaired) electrons. The predicted octanol–water partition coefficient (Wildman–Crippen LogP) is -0.457. The number of hydrogen-bond donors (Lipinski definition) is 4. The summed E-state index contributed by atoms with van der Waals surface area (Å²) in [6.07, 6.45) is 0. The highest BCUT2D eigenvalue weighted by Gasteiger charge is 2.05. The number of nitrogens with zero attached hydrogens (tertiary/aromatic N) is 1. The van der Waals surface area contributed by atoms with E-state index in [9.17, 15) is 0 Å². The summed E-state index contributed by atoms with van der Waals surface area (Å²) in [5.74, 6) is 0.759. The average molecular weight is 163 g/mol. The monoisotopic (exact) mass is 163 g/mol. The van der Waals surface area contributed by atoms with Gasteiger partial charge in [0.25, 0.3) is 0 Å². The molecule has 0 atom stereocenters. The number of benzene rings is 1. The van der Waals surface area contributed by atoms with Gasteiger partial charge in [0, 0.05) is 11.3 Å². The van der Waals surface area contributed by atoms with Gasteiger partial charge in [0.05, 0.1) is 0 Å². The van der Waals surface area contributed by atoms with E-state index >= 15 is 0 Å². The van der Waals surface area contributed by atoms with Crippen LogP contribution >= 0.6 is 0 Å². The van der Waals surface area contributed by atoms with Crippen LogP contribution < -0.4 is 22.2 Å². The molecule has 0 saturated heterocycles. The van der Waals surface area contributed by atoms with Gasteiger partial charge in [-0.2, -0.15) is 0 Å². The maximum absolute atomic E-state index is 5.53. The standard InChI is InChI=1S/C7H9N5/c8-6-3-1-5(2-4-6)7-9-11-12-10-7/h1-4,11-12H,8H2,(H,9,10). The second-order valence-corrected chi connectivity index (χ2v) is 2.44. The van der Waals surface area contributed by atoms with Crippen LogP contribution in [0.4, 0.5) is 5.69 Å². The number of hydrogen-bond acceptors (Lipinski definition) is 5. The lowest BCUT2D eigenvalue weighted by Gasteiger charge is -1.99. The first kappa shape index (κ1) is 6.93. The van der Waals surface area contributed by atoms with Crippen LogP contribution in [0.5, 0.6) is 0 Å². The first-order valence-electron chi connectivity index (χ1n) is 3.56. The zero-order valence-electron chi connectivity index (χ0n) is 6.33. The quantitative estimate of drug-likeness (QED) is 0.423. The number of rotatable bonds is 1. The molecule has 1 aliphatic heterocycles. The Labute approximate surface area is 69.6 Å². The van der Waals surface area contributed by atoms with Crippen molar-refractivity contribution in [2.24, 2.45) is 5.10 Å². The van der Waals surface area contributed by atoms with E-state index in [4.69, 9.17) is 5.73 Å². The normalized spacial score (nSPS) is 14.8. The first-order valence-corrected chi connectivity index (χ1v) is 3.56. The summed E-state index contributed by atoms with van der Waals surface area (Å²) in [5, 5.41) is 3.94. The minimum atomic E-state index is 0.748. The number of nitrogens with two attached hydrogens (primary N) is 1. The van der Waals surface area contributed by atoms with Crippen molar-refractivity contribution in [3.63, 3.8) is 0 Å². The third-order valence-corrected chi connectivity index (χ3v) is 1.59. The van der Waals surface area contributed by atoms with Crippen molar-refractivity contribution in [2.75, 3.05) is 5.73 Å². The summed E-state index contributed by atoms with van der Waals surface area (Å²) in [6, 6.07) is 7.46. The summed E-state index contributed by atoms with van der Waals surface area (Å²) in [4.78, 5) is 0. The van der Waals surface area contributed by atoms with Crippen molar-refractivity contribution in [1.29, 1.82) is 0 Å². The van der Waals surface area contributed by atoms with Gasteiger partial charge in [0.1, 0.15) is 0 Å². The van der Waals surface area contributed by atoms with Crippen LogP contribution in [0, 0.1) is 0 Å². The smallest absolute Gasteiger partial charge is 0.170 e. The van der Waals surface area contributed by atoms with Crippen molar-refractivity contribution in [3.05, 3.63) is 29.8 Å². The van der Waals surface area contributed by atoms with Crippen LogP contribution in [0.15, 0.2) is 29.4 Å². The van der Waals surface area contributed by atoms with Gasteiger partial charge in [-0.05, 0) is 24.3 Å². The molecule has 2 rings (SSSR count). The maximum atomic E-state index is 5.53. The van der Waals surface area contributed by atoms with E-state index in [1.165, 1.54) is 0 Å². The zero-order valence-corrected chi connectivity index (χ0v) is 6.33. The molecule has 1 aromatic rings.